The van der Waals surface area contributed by atoms with E-state index in [0.717, 1.165) is 24.7 Å². The van der Waals surface area contributed by atoms with E-state index in [-0.39, 0.29) is 0 Å². The summed E-state index contributed by atoms with van der Waals surface area (Å²) in [5.74, 6) is 0.762. The van der Waals surface area contributed by atoms with E-state index in [2.05, 4.69) is 45.2 Å². The number of halogens is 2. The van der Waals surface area contributed by atoms with Gasteiger partial charge in [0.25, 0.3) is 0 Å². The summed E-state index contributed by atoms with van der Waals surface area (Å²) < 4.78 is 17.7. The number of carbonyl (C=O) groups is 1. The molecule has 0 bridgehead atoms. The Kier molecular flexibility index (Phi) is 8.19. The summed E-state index contributed by atoms with van der Waals surface area (Å²) in [6.45, 7) is 4.07. The van der Waals surface area contributed by atoms with Gasteiger partial charge in [0.2, 0.25) is 0 Å². The van der Waals surface area contributed by atoms with Crippen LogP contribution in [0.15, 0.2) is 6.07 Å². The van der Waals surface area contributed by atoms with Crippen molar-refractivity contribution in [3.8, 4) is 5.75 Å². The molecule has 0 N–H and O–H groups in total. The molecule has 0 saturated carbocycles. The molecule has 0 aliphatic rings. The third-order valence-corrected chi connectivity index (χ3v) is 4.38. The Morgan fingerprint density at radius 1 is 1.21 bits per heavy atom. The molecule has 19 heavy (non-hydrogen) atoms. The summed E-state index contributed by atoms with van der Waals surface area (Å²) in [6, 6.07) is 1.95. The lowest BCUT2D eigenvalue weighted by Gasteiger charge is -2.14. The summed E-state index contributed by atoms with van der Waals surface area (Å²) in [5.41, 5.74) is 1.71. The quantitative estimate of drug-likeness (QED) is 0.320. The van der Waals surface area contributed by atoms with E-state index in [9.17, 15) is 4.79 Å². The van der Waals surface area contributed by atoms with Gasteiger partial charge >= 0.3 is 0 Å². The van der Waals surface area contributed by atoms with E-state index >= 15 is 0 Å². The van der Waals surface area contributed by atoms with Crippen molar-refractivity contribution in [2.24, 2.45) is 0 Å². The predicted octanol–water partition coefficient (Wildman–Crippen LogP) is 3.06. The normalized spacial score (nSPS) is 10.5. The smallest absolute Gasteiger partial charge is 0.152 e. The Morgan fingerprint density at radius 3 is 2.53 bits per heavy atom. The van der Waals surface area contributed by atoms with Gasteiger partial charge in [0, 0.05) is 16.2 Å². The molecule has 4 nitrogen and oxygen atoms in total. The van der Waals surface area contributed by atoms with Crippen LogP contribution in [0.2, 0.25) is 0 Å². The zero-order valence-electron chi connectivity index (χ0n) is 10.9. The third-order valence-electron chi connectivity index (χ3n) is 2.42. The maximum atomic E-state index is 11.1. The summed E-state index contributed by atoms with van der Waals surface area (Å²) in [4.78, 5) is 11.1. The third kappa shape index (κ3) is 5.16. The van der Waals surface area contributed by atoms with Crippen molar-refractivity contribution >= 4 is 51.5 Å². The van der Waals surface area contributed by atoms with Crippen molar-refractivity contribution < 1.29 is 19.0 Å². The summed E-state index contributed by atoms with van der Waals surface area (Å²) >= 11 is 4.30. The predicted molar refractivity (Wildman–Crippen MR) is 90.2 cm³/mol. The van der Waals surface area contributed by atoms with E-state index < -0.39 is 0 Å². The van der Waals surface area contributed by atoms with Gasteiger partial charge in [0.15, 0.2) is 6.29 Å². The molecule has 0 unspecified atom stereocenters. The fraction of sp³-hybridized carbons (Fsp3) is 0.462. The van der Waals surface area contributed by atoms with Crippen LogP contribution in [0.25, 0.3) is 0 Å². The molecule has 1 aromatic rings. The maximum absolute atomic E-state index is 11.1. The number of methoxy groups -OCH3 is 1. The van der Waals surface area contributed by atoms with Crippen LogP contribution in [0.5, 0.6) is 5.75 Å². The van der Waals surface area contributed by atoms with Crippen LogP contribution in [-0.4, -0.2) is 39.8 Å². The van der Waals surface area contributed by atoms with E-state index in [4.69, 9.17) is 14.2 Å². The number of hydrogen-bond donors (Lipinski definition) is 0. The summed E-state index contributed by atoms with van der Waals surface area (Å²) in [5, 5.41) is 0. The molecule has 0 spiro atoms. The van der Waals surface area contributed by atoms with Crippen molar-refractivity contribution in [1.29, 1.82) is 0 Å². The minimum absolute atomic E-state index is 0.458. The highest BCUT2D eigenvalue weighted by molar-refractivity contribution is 14.1. The van der Waals surface area contributed by atoms with Gasteiger partial charge in [-0.2, -0.15) is 0 Å². The molecular formula is C13H16I2O4. The second-order valence-corrected chi connectivity index (χ2v) is 6.04. The summed E-state index contributed by atoms with van der Waals surface area (Å²) in [6.07, 6.45) is 0.866. The molecule has 0 heterocycles. The van der Waals surface area contributed by atoms with Gasteiger partial charge < -0.3 is 14.2 Å². The van der Waals surface area contributed by atoms with Crippen LogP contribution in [0.1, 0.15) is 15.9 Å². The molecule has 0 amide bonds. The Bertz CT molecular complexity index is 435. The van der Waals surface area contributed by atoms with Crippen molar-refractivity contribution in [3.63, 3.8) is 0 Å². The molecule has 0 fully saturated rings. The van der Waals surface area contributed by atoms with Gasteiger partial charge in [-0.25, -0.2) is 0 Å². The lowest BCUT2D eigenvalue weighted by molar-refractivity contribution is 0.0541. The van der Waals surface area contributed by atoms with Crippen LogP contribution in [0, 0.1) is 14.1 Å². The Morgan fingerprint density at radius 2 is 1.89 bits per heavy atom. The average Bonchev–Trinajstić information content (AvgIpc) is 2.37. The molecule has 1 aromatic carbocycles. The highest BCUT2D eigenvalue weighted by Crippen LogP contribution is 2.31. The largest absolute Gasteiger partial charge is 0.490 e. The average molecular weight is 490 g/mol. The fourth-order valence-corrected chi connectivity index (χ4v) is 3.84. The van der Waals surface area contributed by atoms with Crippen molar-refractivity contribution in [1.82, 2.24) is 0 Å². The van der Waals surface area contributed by atoms with Gasteiger partial charge in [0.1, 0.15) is 12.4 Å². The lowest BCUT2D eigenvalue weighted by atomic mass is 10.1. The van der Waals surface area contributed by atoms with Crippen molar-refractivity contribution in [3.05, 3.63) is 24.3 Å². The minimum Gasteiger partial charge on any atom is -0.490 e. The SMILES string of the molecule is COCCOCCOc1c(C)cc(I)c(C=O)c1I. The molecule has 6 heteroatoms. The van der Waals surface area contributed by atoms with Crippen molar-refractivity contribution in [2.75, 3.05) is 33.5 Å². The van der Waals surface area contributed by atoms with Gasteiger partial charge in [-0.05, 0) is 63.7 Å². The van der Waals surface area contributed by atoms with E-state index in [1.807, 2.05) is 13.0 Å². The van der Waals surface area contributed by atoms with Crippen LogP contribution >= 0.6 is 45.2 Å². The van der Waals surface area contributed by atoms with Gasteiger partial charge in [-0.15, -0.1) is 0 Å². The molecule has 1 rings (SSSR count). The fourth-order valence-electron chi connectivity index (χ4n) is 1.47. The number of ether oxygens (including phenoxy) is 3. The Hall–Kier alpha value is 0.0700. The number of rotatable bonds is 8. The van der Waals surface area contributed by atoms with E-state index in [1.54, 1.807) is 7.11 Å². The molecule has 0 aliphatic heterocycles. The first kappa shape index (κ1) is 17.1. The summed E-state index contributed by atoms with van der Waals surface area (Å²) in [7, 11) is 1.64. The second-order valence-electron chi connectivity index (χ2n) is 3.80. The first-order chi connectivity index (χ1) is 9.11. The lowest BCUT2D eigenvalue weighted by Crippen LogP contribution is -2.11. The Labute approximate surface area is 140 Å². The number of carbonyl (C=O) groups excluding carboxylic acids is 1. The molecular weight excluding hydrogens is 474 g/mol. The first-order valence-corrected chi connectivity index (χ1v) is 7.90. The minimum atomic E-state index is 0.458. The highest BCUT2D eigenvalue weighted by atomic mass is 127. The zero-order valence-corrected chi connectivity index (χ0v) is 15.2. The molecule has 0 saturated heterocycles. The molecule has 106 valence electrons. The monoisotopic (exact) mass is 490 g/mol. The number of aryl methyl sites for hydroxylation is 1. The first-order valence-electron chi connectivity index (χ1n) is 5.75. The molecule has 0 aromatic heterocycles. The highest BCUT2D eigenvalue weighted by Gasteiger charge is 2.13. The van der Waals surface area contributed by atoms with Gasteiger partial charge in [-0.3, -0.25) is 4.79 Å². The standard InChI is InChI=1S/C13H16I2O4/c1-9-7-11(14)10(8-16)12(15)13(9)19-6-5-18-4-3-17-2/h7-8H,3-6H2,1-2H3. The van der Waals surface area contributed by atoms with Crippen LogP contribution in [0.3, 0.4) is 0 Å². The second kappa shape index (κ2) is 9.09. The maximum Gasteiger partial charge on any atom is 0.152 e. The van der Waals surface area contributed by atoms with Crippen LogP contribution < -0.4 is 4.74 Å². The number of hydrogen-bond acceptors (Lipinski definition) is 4. The number of benzene rings is 1. The van der Waals surface area contributed by atoms with E-state index in [1.165, 1.54) is 0 Å². The van der Waals surface area contributed by atoms with Gasteiger partial charge in [0.05, 0.1) is 23.4 Å². The zero-order chi connectivity index (χ0) is 14.3. The molecule has 0 radical (unpaired) electrons. The van der Waals surface area contributed by atoms with Crippen LogP contribution in [-0.2, 0) is 9.47 Å². The number of aldehydes is 1. The Balaban J connectivity index is 2.61. The van der Waals surface area contributed by atoms with Gasteiger partial charge in [-0.1, -0.05) is 0 Å². The van der Waals surface area contributed by atoms with E-state index in [0.29, 0.717) is 32.0 Å². The molecule has 0 aliphatic carbocycles. The van der Waals surface area contributed by atoms with Crippen molar-refractivity contribution in [2.45, 2.75) is 6.92 Å². The molecule has 0 atom stereocenters. The van der Waals surface area contributed by atoms with Crippen LogP contribution in [0.4, 0.5) is 0 Å². The topological polar surface area (TPSA) is 44.8 Å².